The van der Waals surface area contributed by atoms with Crippen LogP contribution in [0, 0.1) is 0 Å². The van der Waals surface area contributed by atoms with E-state index in [2.05, 4.69) is 20.7 Å². The number of nitrogens with two attached hydrogens (primary N) is 1. The summed E-state index contributed by atoms with van der Waals surface area (Å²) in [6.45, 7) is 0. The SMILES string of the molecule is COc1cccc(C(=O)CSc2nnc(N/N=C/c3cccc(Oc4ccccc4)c3)n2N)c1. The molecule has 4 rings (SSSR count). The predicted molar refractivity (Wildman–Crippen MR) is 132 cm³/mol. The molecule has 3 N–H and O–H groups in total. The van der Waals surface area contributed by atoms with E-state index in [4.69, 9.17) is 15.3 Å². The number of carbonyl (C=O) groups is 1. The molecular formula is C24H22N6O3S. The quantitative estimate of drug-likeness (QED) is 0.115. The Balaban J connectivity index is 1.33. The zero-order valence-electron chi connectivity index (χ0n) is 18.3. The molecule has 3 aromatic carbocycles. The highest BCUT2D eigenvalue weighted by Crippen LogP contribution is 2.22. The second-order valence-electron chi connectivity index (χ2n) is 6.98. The van der Waals surface area contributed by atoms with Crippen LogP contribution in [0.4, 0.5) is 5.95 Å². The van der Waals surface area contributed by atoms with Crippen molar-refractivity contribution in [1.29, 1.82) is 0 Å². The monoisotopic (exact) mass is 474 g/mol. The molecule has 0 aliphatic heterocycles. The molecule has 0 saturated carbocycles. The van der Waals surface area contributed by atoms with Gasteiger partial charge in [-0.15, -0.1) is 10.2 Å². The molecule has 0 spiro atoms. The van der Waals surface area contributed by atoms with Gasteiger partial charge in [0.2, 0.25) is 5.16 Å². The number of ketones is 1. The van der Waals surface area contributed by atoms with Crippen LogP contribution in [0.5, 0.6) is 17.2 Å². The van der Waals surface area contributed by atoms with Gasteiger partial charge in [-0.25, -0.2) is 10.1 Å². The third-order valence-corrected chi connectivity index (χ3v) is 5.55. The second kappa shape index (κ2) is 11.0. The summed E-state index contributed by atoms with van der Waals surface area (Å²) >= 11 is 1.18. The van der Waals surface area contributed by atoms with E-state index in [-0.39, 0.29) is 17.5 Å². The van der Waals surface area contributed by atoms with Gasteiger partial charge in [-0.05, 0) is 42.0 Å². The first kappa shape index (κ1) is 22.9. The van der Waals surface area contributed by atoms with Crippen molar-refractivity contribution in [3.63, 3.8) is 0 Å². The van der Waals surface area contributed by atoms with Crippen molar-refractivity contribution in [3.8, 4) is 17.2 Å². The molecule has 1 aromatic heterocycles. The summed E-state index contributed by atoms with van der Waals surface area (Å²) in [4.78, 5) is 12.5. The number of hydrazone groups is 1. The molecule has 0 unspecified atom stereocenters. The maximum absolute atomic E-state index is 12.5. The molecule has 4 aromatic rings. The Bertz CT molecular complexity index is 1290. The smallest absolute Gasteiger partial charge is 0.264 e. The summed E-state index contributed by atoms with van der Waals surface area (Å²) in [6, 6.07) is 24.0. The lowest BCUT2D eigenvalue weighted by atomic mass is 10.1. The summed E-state index contributed by atoms with van der Waals surface area (Å²) in [7, 11) is 1.56. The van der Waals surface area contributed by atoms with E-state index in [0.717, 1.165) is 11.3 Å². The Kier molecular flexibility index (Phi) is 7.41. The first-order valence-corrected chi connectivity index (χ1v) is 11.2. The van der Waals surface area contributed by atoms with Gasteiger partial charge < -0.3 is 15.3 Å². The minimum absolute atomic E-state index is 0.0722. The maximum atomic E-state index is 12.5. The van der Waals surface area contributed by atoms with E-state index in [1.54, 1.807) is 37.6 Å². The fraction of sp³-hybridized carbons (Fsp3) is 0.0833. The number of Topliss-reactive ketones (excluding diaryl/α,β-unsaturated/α-hetero) is 1. The Labute approximate surface area is 200 Å². The molecule has 0 radical (unpaired) electrons. The highest BCUT2D eigenvalue weighted by atomic mass is 32.2. The summed E-state index contributed by atoms with van der Waals surface area (Å²) < 4.78 is 12.2. The standard InChI is InChI=1S/C24H22N6O3S/c1-32-20-11-6-8-18(14-20)22(31)16-34-24-29-28-23(30(24)25)27-26-15-17-7-5-12-21(13-17)33-19-9-3-2-4-10-19/h2-15H,16,25H2,1H3,(H,27,28)/b26-15+. The fourth-order valence-electron chi connectivity index (χ4n) is 2.91. The minimum Gasteiger partial charge on any atom is -0.497 e. The van der Waals surface area contributed by atoms with Crippen LogP contribution < -0.4 is 20.7 Å². The number of thioether (sulfide) groups is 1. The molecule has 172 valence electrons. The van der Waals surface area contributed by atoms with Crippen molar-refractivity contribution >= 4 is 29.7 Å². The van der Waals surface area contributed by atoms with E-state index in [1.165, 1.54) is 16.4 Å². The number of benzene rings is 3. The molecule has 0 bridgehead atoms. The van der Waals surface area contributed by atoms with Crippen molar-refractivity contribution in [3.05, 3.63) is 90.0 Å². The fourth-order valence-corrected chi connectivity index (χ4v) is 3.66. The summed E-state index contributed by atoms with van der Waals surface area (Å²) in [5.74, 6) is 8.43. The first-order chi connectivity index (χ1) is 16.6. The molecule has 1 heterocycles. The van der Waals surface area contributed by atoms with Crippen LogP contribution in [0.3, 0.4) is 0 Å². The number of nitrogens with zero attached hydrogens (tertiary/aromatic N) is 4. The lowest BCUT2D eigenvalue weighted by Gasteiger charge is -2.06. The van der Waals surface area contributed by atoms with E-state index in [0.29, 0.717) is 22.2 Å². The molecular weight excluding hydrogens is 452 g/mol. The Hall–Kier alpha value is -4.31. The number of rotatable bonds is 10. The van der Waals surface area contributed by atoms with E-state index < -0.39 is 0 Å². The molecule has 0 amide bonds. The molecule has 0 aliphatic carbocycles. The predicted octanol–water partition coefficient (Wildman–Crippen LogP) is 4.21. The number of anilines is 1. The van der Waals surface area contributed by atoms with E-state index >= 15 is 0 Å². The number of para-hydroxylation sites is 1. The van der Waals surface area contributed by atoms with Gasteiger partial charge in [-0.3, -0.25) is 4.79 Å². The van der Waals surface area contributed by atoms with Crippen molar-refractivity contribution in [2.24, 2.45) is 5.10 Å². The number of ether oxygens (including phenoxy) is 2. The van der Waals surface area contributed by atoms with Crippen LogP contribution in [-0.4, -0.2) is 39.7 Å². The van der Waals surface area contributed by atoms with Crippen LogP contribution in [0.2, 0.25) is 0 Å². The lowest BCUT2D eigenvalue weighted by Crippen LogP contribution is -2.14. The third kappa shape index (κ3) is 5.93. The zero-order valence-corrected chi connectivity index (χ0v) is 19.1. The van der Waals surface area contributed by atoms with Crippen molar-refractivity contribution in [2.75, 3.05) is 24.1 Å². The average molecular weight is 475 g/mol. The van der Waals surface area contributed by atoms with Crippen molar-refractivity contribution in [1.82, 2.24) is 14.9 Å². The molecule has 0 saturated heterocycles. The van der Waals surface area contributed by atoms with E-state index in [9.17, 15) is 4.79 Å². The van der Waals surface area contributed by atoms with Gasteiger partial charge in [0, 0.05) is 5.56 Å². The van der Waals surface area contributed by atoms with Crippen LogP contribution >= 0.6 is 11.8 Å². The molecule has 34 heavy (non-hydrogen) atoms. The number of hydrogen-bond acceptors (Lipinski definition) is 9. The van der Waals surface area contributed by atoms with E-state index in [1.807, 2.05) is 54.6 Å². The number of hydrogen-bond donors (Lipinski definition) is 2. The third-order valence-electron chi connectivity index (χ3n) is 4.60. The van der Waals surface area contributed by atoms with Gasteiger partial charge in [0.25, 0.3) is 5.95 Å². The normalized spacial score (nSPS) is 10.9. The molecule has 9 nitrogen and oxygen atoms in total. The lowest BCUT2D eigenvalue weighted by molar-refractivity contribution is 0.102. The Morgan fingerprint density at radius 1 is 1.03 bits per heavy atom. The van der Waals surface area contributed by atoms with Gasteiger partial charge >= 0.3 is 0 Å². The molecule has 0 fully saturated rings. The first-order valence-electron chi connectivity index (χ1n) is 10.2. The maximum Gasteiger partial charge on any atom is 0.264 e. The number of methoxy groups -OCH3 is 1. The van der Waals surface area contributed by atoms with Gasteiger partial charge in [-0.1, -0.05) is 54.2 Å². The largest absolute Gasteiger partial charge is 0.497 e. The number of nitrogen functional groups attached to an aromatic ring is 1. The molecule has 0 aliphatic rings. The van der Waals surface area contributed by atoms with Gasteiger partial charge in [0.05, 0.1) is 19.1 Å². The summed E-state index contributed by atoms with van der Waals surface area (Å²) in [5, 5.41) is 12.6. The highest BCUT2D eigenvalue weighted by molar-refractivity contribution is 7.99. The molecule has 10 heteroatoms. The summed E-state index contributed by atoms with van der Waals surface area (Å²) in [5.41, 5.74) is 4.14. The Morgan fingerprint density at radius 2 is 1.79 bits per heavy atom. The van der Waals surface area contributed by atoms with Crippen LogP contribution in [0.25, 0.3) is 0 Å². The number of aromatic nitrogens is 3. The Morgan fingerprint density at radius 3 is 2.62 bits per heavy atom. The van der Waals surface area contributed by atoms with Crippen LogP contribution in [0.1, 0.15) is 15.9 Å². The average Bonchev–Trinajstić information content (AvgIpc) is 3.22. The van der Waals surface area contributed by atoms with Gasteiger partial charge in [0.15, 0.2) is 5.78 Å². The van der Waals surface area contributed by atoms with Crippen LogP contribution in [-0.2, 0) is 0 Å². The van der Waals surface area contributed by atoms with Crippen molar-refractivity contribution in [2.45, 2.75) is 5.16 Å². The topological polar surface area (TPSA) is 117 Å². The highest BCUT2D eigenvalue weighted by Gasteiger charge is 2.13. The second-order valence-corrected chi connectivity index (χ2v) is 7.92. The van der Waals surface area contributed by atoms with Crippen LogP contribution in [0.15, 0.2) is 89.1 Å². The van der Waals surface area contributed by atoms with Crippen molar-refractivity contribution < 1.29 is 14.3 Å². The molecule has 0 atom stereocenters. The summed E-state index contributed by atoms with van der Waals surface area (Å²) in [6.07, 6.45) is 1.62. The minimum atomic E-state index is -0.0722. The zero-order chi connectivity index (χ0) is 23.8. The number of carbonyl (C=O) groups excluding carboxylic acids is 1. The van der Waals surface area contributed by atoms with Gasteiger partial charge in [-0.2, -0.15) is 5.10 Å². The number of nitrogens with one attached hydrogen (secondary N) is 1. The van der Waals surface area contributed by atoms with Gasteiger partial charge in [0.1, 0.15) is 17.2 Å².